The normalized spacial score (nSPS) is 16.6. The Kier molecular flexibility index (Phi) is 34.5. The number of hydrogen-bond acceptors (Lipinski definition) is 21. The minimum atomic E-state index is -3.95. The molecule has 12 aromatic rings. The fraction of sp³-hybridized carbons (Fsp3) is 0.374. The summed E-state index contributed by atoms with van der Waals surface area (Å²) in [5.74, 6) is -0.783. The Hall–Kier alpha value is -9.10. The molecule has 0 atom stereocenters. The van der Waals surface area contributed by atoms with Gasteiger partial charge < -0.3 is 30.2 Å². The highest BCUT2D eigenvalue weighted by atomic mass is 79.9. The van der Waals surface area contributed by atoms with Crippen LogP contribution in [0.25, 0.3) is 55.0 Å². The van der Waals surface area contributed by atoms with Gasteiger partial charge in [0.15, 0.2) is 9.84 Å². The summed E-state index contributed by atoms with van der Waals surface area (Å²) in [6.07, 6.45) is 13.2. The molecule has 678 valence electrons. The number of sulfonamides is 2. The summed E-state index contributed by atoms with van der Waals surface area (Å²) in [5, 5.41) is 5.72. The maximum atomic E-state index is 16.0. The molecule has 127 heavy (non-hydrogen) atoms. The second-order valence-electron chi connectivity index (χ2n) is 32.1. The standard InChI is InChI=1S/C30H34ClFN6O2S.C23H18ClF2N3O2S.C18H22BClN2O4S.C10H7BrF2N2.C8H18N2.2CH4/c1-5-22-28(32)24(16-19-17-33-30(36-29(19)22)35-20-10-12-21(13-11-20)38(3)4)23-14-15-27(34-18(23)2)37-41(39,40)26-9-7-6-8-25(26)31;1-3-16-21(25)18(10-14-11-27-23(26)29-22(14)16)17-9-8-15(28-13(17)2)12-32(30,31)20-7-5-4-6-19(20)24;1-12-13(19-25-17(2,3)18(4,5)26-19)10-11-16(21-12)22-27(23,24)15-9-7-6-8-14(15)20;1-2-6-8(12)7(11)3-5-4-14-10(13)15-9(5)6;1-10(2)8-5-3-7(9)4-6-8;;/h6-9,14-17,20-21H,5,10-13H2,1-4H3,(H,34,37)(H,33,35,36);4-11H,3,12H2,1-2H3;6-11H,1-5H3,(H,21,22);3-4H,2H2,1H3;7-8H,3-6,9H2,1-2H3;2*1H4. The number of pyridine rings is 3. The minimum absolute atomic E-state index is 0. The van der Waals surface area contributed by atoms with Gasteiger partial charge in [-0.2, -0.15) is 8.78 Å². The molecule has 7 heterocycles. The summed E-state index contributed by atoms with van der Waals surface area (Å²) < 4.78 is 165. The lowest BCUT2D eigenvalue weighted by atomic mass is 9.78. The highest BCUT2D eigenvalue weighted by Gasteiger charge is 2.52. The lowest BCUT2D eigenvalue weighted by molar-refractivity contribution is 0.00578. The Labute approximate surface area is 765 Å². The maximum absolute atomic E-state index is 16.0. The van der Waals surface area contributed by atoms with E-state index >= 15 is 8.78 Å². The Bertz CT molecular complexity index is 6310. The van der Waals surface area contributed by atoms with Crippen LogP contribution in [-0.2, 0) is 64.2 Å². The maximum Gasteiger partial charge on any atom is 0.496 e. The van der Waals surface area contributed by atoms with E-state index in [1.807, 2.05) is 34.6 Å². The van der Waals surface area contributed by atoms with E-state index in [4.69, 9.17) is 54.8 Å². The molecule has 15 rings (SSSR count). The topological polar surface area (TPSA) is 305 Å². The van der Waals surface area contributed by atoms with Crippen molar-refractivity contribution in [1.82, 2.24) is 54.7 Å². The lowest BCUT2D eigenvalue weighted by Gasteiger charge is -2.33. The van der Waals surface area contributed by atoms with E-state index in [-0.39, 0.29) is 90.3 Å². The summed E-state index contributed by atoms with van der Waals surface area (Å²) in [6.45, 7) is 18.5. The predicted octanol–water partition coefficient (Wildman–Crippen LogP) is 20.4. The number of halogens is 9. The van der Waals surface area contributed by atoms with Gasteiger partial charge in [-0.15, -0.1) is 0 Å². The van der Waals surface area contributed by atoms with Crippen LogP contribution < -0.4 is 26.0 Å². The molecule has 0 radical (unpaired) electrons. The van der Waals surface area contributed by atoms with Gasteiger partial charge >= 0.3 is 19.3 Å². The molecule has 1 aliphatic heterocycles. The fourth-order valence-electron chi connectivity index (χ4n) is 15.0. The van der Waals surface area contributed by atoms with Crippen LogP contribution in [0, 0.1) is 50.4 Å². The van der Waals surface area contributed by atoms with Crippen LogP contribution in [0.1, 0.15) is 154 Å². The fourth-order valence-corrected chi connectivity index (χ4v) is 20.3. The van der Waals surface area contributed by atoms with Crippen molar-refractivity contribution >= 4 is 143 Å². The molecule has 2 aliphatic carbocycles. The molecule has 36 heteroatoms. The van der Waals surface area contributed by atoms with Crippen molar-refractivity contribution in [2.45, 2.75) is 211 Å². The zero-order chi connectivity index (χ0) is 90.9. The van der Waals surface area contributed by atoms with Crippen LogP contribution in [0.3, 0.4) is 0 Å². The first-order valence-corrected chi connectivity index (χ1v) is 47.1. The molecule has 0 unspecified atom stereocenters. The second-order valence-corrected chi connectivity index (χ2v) is 39.4. The van der Waals surface area contributed by atoms with Crippen molar-refractivity contribution in [3.63, 3.8) is 0 Å². The highest BCUT2D eigenvalue weighted by Crippen LogP contribution is 2.40. The number of aryl methyl sites for hydroxylation is 6. The van der Waals surface area contributed by atoms with Gasteiger partial charge in [-0.1, -0.05) is 119 Å². The molecule has 3 fully saturated rings. The Balaban J connectivity index is 0.000000190. The van der Waals surface area contributed by atoms with Gasteiger partial charge in [-0.05, 0) is 242 Å². The van der Waals surface area contributed by atoms with E-state index in [1.54, 1.807) is 126 Å². The summed E-state index contributed by atoms with van der Waals surface area (Å²) in [5.41, 5.74) is 11.5. The third-order valence-electron chi connectivity index (χ3n) is 22.6. The van der Waals surface area contributed by atoms with Gasteiger partial charge in [0.05, 0.1) is 63.6 Å². The number of rotatable bonds is 19. The van der Waals surface area contributed by atoms with Crippen molar-refractivity contribution in [1.29, 1.82) is 0 Å². The van der Waals surface area contributed by atoms with Crippen LogP contribution in [0.15, 0.2) is 165 Å². The summed E-state index contributed by atoms with van der Waals surface area (Å²) in [4.78, 5) is 41.4. The number of aromatic nitrogens is 9. The van der Waals surface area contributed by atoms with E-state index in [9.17, 15) is 38.4 Å². The summed E-state index contributed by atoms with van der Waals surface area (Å²) in [6, 6.07) is 35.3. The Morgan fingerprint density at radius 1 is 0.488 bits per heavy atom. The number of anilines is 3. The lowest BCUT2D eigenvalue weighted by Crippen LogP contribution is -2.41. The van der Waals surface area contributed by atoms with Gasteiger partial charge in [0.1, 0.15) is 38.9 Å². The first-order chi connectivity index (χ1) is 59.0. The van der Waals surface area contributed by atoms with Crippen LogP contribution in [0.5, 0.6) is 0 Å². The van der Waals surface area contributed by atoms with Gasteiger partial charge in [-0.3, -0.25) is 14.4 Å². The molecule has 0 amide bonds. The van der Waals surface area contributed by atoms with E-state index < -0.39 is 66.2 Å². The number of fused-ring (bicyclic) bond motifs is 3. The monoisotopic (exact) mass is 1920 g/mol. The van der Waals surface area contributed by atoms with Gasteiger partial charge in [0.2, 0.25) is 5.95 Å². The first kappa shape index (κ1) is 102. The van der Waals surface area contributed by atoms with Crippen LogP contribution in [0.4, 0.5) is 39.5 Å². The SMILES string of the molecule is C.C.CCc1c(F)c(-c2ccc(CS(=O)(=O)c3ccccc3Cl)nc2C)cc2cnc(F)nc12.CCc1c(F)c(-c2ccc(NS(=O)(=O)c3ccccc3Cl)nc2C)cc2cnc(NC3CCC(N(C)C)CC3)nc12.CCc1c(F)c(Br)cc2cnc(F)nc12.CN(C)C1CCC(N)CC1.Cc1nc(NS(=O)(=O)c2ccccc2Cl)ccc1B1OC(C)(C)C(C)(C)O1. The molecule has 23 nitrogen and oxygen atoms in total. The molecule has 6 aromatic carbocycles. The quantitative estimate of drug-likeness (QED) is 0.0332. The summed E-state index contributed by atoms with van der Waals surface area (Å²) in [7, 11) is -3.51. The van der Waals surface area contributed by atoms with Crippen molar-refractivity contribution in [3.05, 3.63) is 235 Å². The van der Waals surface area contributed by atoms with Crippen molar-refractivity contribution in [2.75, 3.05) is 43.0 Å². The van der Waals surface area contributed by atoms with E-state index in [0.29, 0.717) is 120 Å². The molecule has 0 spiro atoms. The van der Waals surface area contributed by atoms with Gasteiger partial charge in [-0.25, -0.2) is 78.3 Å². The third kappa shape index (κ3) is 24.3. The molecule has 0 bridgehead atoms. The number of hydrogen-bond donors (Lipinski definition) is 4. The molecule has 5 N–H and O–H groups in total. The van der Waals surface area contributed by atoms with Crippen molar-refractivity contribution < 1.29 is 56.5 Å². The number of benzene rings is 6. The molecule has 2 saturated carbocycles. The largest absolute Gasteiger partial charge is 0.496 e. The molecule has 1 saturated heterocycles. The summed E-state index contributed by atoms with van der Waals surface area (Å²) >= 11 is 21.2. The van der Waals surface area contributed by atoms with E-state index in [0.717, 1.165) is 42.6 Å². The Morgan fingerprint density at radius 3 is 1.31 bits per heavy atom. The number of nitrogens with zero attached hydrogens (tertiary/aromatic N) is 11. The minimum Gasteiger partial charge on any atom is -0.399 e. The number of nitrogens with one attached hydrogen (secondary N) is 3. The highest BCUT2D eigenvalue weighted by molar-refractivity contribution is 9.10. The zero-order valence-electron chi connectivity index (χ0n) is 71.6. The Morgan fingerprint density at radius 2 is 0.882 bits per heavy atom. The van der Waals surface area contributed by atoms with Crippen LogP contribution in [-0.4, -0.2) is 151 Å². The predicted molar refractivity (Wildman–Crippen MR) is 502 cm³/mol. The second kappa shape index (κ2) is 43.1. The molecule has 6 aromatic heterocycles. The number of sulfone groups is 1. The third-order valence-corrected chi connectivity index (χ3v) is 29.0. The van der Waals surface area contributed by atoms with Gasteiger partial charge in [0, 0.05) is 120 Å². The molecular formula is C91H107BBrCl3F5N15O8S3. The van der Waals surface area contributed by atoms with E-state index in [1.165, 1.54) is 80.5 Å². The number of nitrogens with two attached hydrogens (primary N) is 1. The van der Waals surface area contributed by atoms with Crippen LogP contribution in [0.2, 0.25) is 15.1 Å². The average molecular weight is 1930 g/mol. The molecule has 3 aliphatic rings. The first-order valence-electron chi connectivity index (χ1n) is 40.6. The van der Waals surface area contributed by atoms with E-state index in [2.05, 4.69) is 109 Å². The van der Waals surface area contributed by atoms with Crippen molar-refractivity contribution in [3.8, 4) is 22.3 Å². The smallest absolute Gasteiger partial charge is 0.399 e. The average Bonchev–Trinajstić information content (AvgIpc) is 1.57. The molecular weight excluding hydrogens is 1820 g/mol. The van der Waals surface area contributed by atoms with Gasteiger partial charge in [0.25, 0.3) is 20.0 Å². The zero-order valence-corrected chi connectivity index (χ0v) is 77.9. The van der Waals surface area contributed by atoms with Crippen molar-refractivity contribution in [2.24, 2.45) is 5.73 Å². The van der Waals surface area contributed by atoms with Crippen LogP contribution >= 0.6 is 50.7 Å².